The number of fused-ring (bicyclic) bond motifs is 1. The summed E-state index contributed by atoms with van der Waals surface area (Å²) in [6.07, 6.45) is 4.32. The zero-order chi connectivity index (χ0) is 22.9. The van der Waals surface area contributed by atoms with Gasteiger partial charge in [-0.25, -0.2) is 13.4 Å². The second-order valence-electron chi connectivity index (χ2n) is 7.62. The van der Waals surface area contributed by atoms with E-state index < -0.39 is 10.0 Å². The summed E-state index contributed by atoms with van der Waals surface area (Å²) in [5.41, 5.74) is 2.00. The molecule has 1 saturated heterocycles. The number of ether oxygens (including phenoxy) is 1. The molecule has 0 aliphatic carbocycles. The Morgan fingerprint density at radius 1 is 1.19 bits per heavy atom. The van der Waals surface area contributed by atoms with Crippen molar-refractivity contribution in [3.63, 3.8) is 0 Å². The van der Waals surface area contributed by atoms with Gasteiger partial charge in [0.25, 0.3) is 0 Å². The molecule has 3 aromatic rings. The monoisotopic (exact) mass is 479 g/mol. The van der Waals surface area contributed by atoms with E-state index in [-0.39, 0.29) is 12.4 Å². The van der Waals surface area contributed by atoms with Gasteiger partial charge in [0, 0.05) is 44.1 Å². The number of anilines is 1. The number of sulfonamides is 1. The number of nitrogens with zero attached hydrogens (tertiary/aromatic N) is 5. The minimum absolute atomic E-state index is 0.180. The van der Waals surface area contributed by atoms with Crippen molar-refractivity contribution in [2.45, 2.75) is 20.0 Å². The molecule has 0 atom stereocenters. The molecule has 0 bridgehead atoms. The fraction of sp³-hybridized carbons (Fsp3) is 0.429. The molecule has 4 rings (SSSR count). The van der Waals surface area contributed by atoms with Gasteiger partial charge in [-0.3, -0.25) is 4.40 Å². The number of benzene rings is 1. The molecule has 0 spiro atoms. The lowest BCUT2D eigenvalue weighted by Gasteiger charge is -2.34. The zero-order valence-corrected chi connectivity index (χ0v) is 19.6. The van der Waals surface area contributed by atoms with E-state index in [1.54, 1.807) is 20.8 Å². The minimum atomic E-state index is -3.19. The highest BCUT2D eigenvalue weighted by Crippen LogP contribution is 2.33. The van der Waals surface area contributed by atoms with Gasteiger partial charge >= 0.3 is 0 Å². The van der Waals surface area contributed by atoms with Crippen LogP contribution in [-0.2, 0) is 16.6 Å². The Morgan fingerprint density at radius 2 is 1.94 bits per heavy atom. The van der Waals surface area contributed by atoms with Crippen LogP contribution in [0, 0.1) is 0 Å². The summed E-state index contributed by atoms with van der Waals surface area (Å²) in [6, 6.07) is 5.32. The molecule has 172 valence electrons. The summed E-state index contributed by atoms with van der Waals surface area (Å²) in [6.45, 7) is 3.72. The third kappa shape index (κ3) is 4.40. The Morgan fingerprint density at radius 3 is 2.59 bits per heavy atom. The van der Waals surface area contributed by atoms with Crippen molar-refractivity contribution < 1.29 is 18.3 Å². The third-order valence-electron chi connectivity index (χ3n) is 5.55. The first-order valence-electron chi connectivity index (χ1n) is 10.4. The van der Waals surface area contributed by atoms with Crippen LogP contribution in [0.4, 0.5) is 5.82 Å². The van der Waals surface area contributed by atoms with Crippen LogP contribution >= 0.6 is 11.6 Å². The number of methoxy groups -OCH3 is 1. The van der Waals surface area contributed by atoms with Crippen molar-refractivity contribution in [3.8, 4) is 17.0 Å². The number of rotatable bonds is 7. The second-order valence-corrected chi connectivity index (χ2v) is 10.1. The van der Waals surface area contributed by atoms with Crippen LogP contribution in [-0.4, -0.2) is 71.2 Å². The zero-order valence-electron chi connectivity index (χ0n) is 18.0. The first-order chi connectivity index (χ1) is 15.4. The largest absolute Gasteiger partial charge is 0.495 e. The van der Waals surface area contributed by atoms with Gasteiger partial charge in [0.15, 0.2) is 0 Å². The molecule has 0 amide bonds. The van der Waals surface area contributed by atoms with Gasteiger partial charge in [0.1, 0.15) is 11.6 Å². The Hall–Kier alpha value is -2.40. The number of imidazole rings is 1. The van der Waals surface area contributed by atoms with Crippen LogP contribution in [0.2, 0.25) is 5.02 Å². The predicted octanol–water partition coefficient (Wildman–Crippen LogP) is 2.41. The molecule has 11 heteroatoms. The number of aliphatic hydroxyl groups excluding tert-OH is 1. The van der Waals surface area contributed by atoms with Crippen LogP contribution in [0.25, 0.3) is 17.0 Å². The maximum atomic E-state index is 12.3. The van der Waals surface area contributed by atoms with E-state index in [2.05, 4.69) is 14.9 Å². The Bertz CT molecular complexity index is 1220. The molecule has 2 aromatic heterocycles. The summed E-state index contributed by atoms with van der Waals surface area (Å²) < 4.78 is 33.2. The van der Waals surface area contributed by atoms with E-state index in [0.717, 1.165) is 5.82 Å². The van der Waals surface area contributed by atoms with Gasteiger partial charge in [-0.05, 0) is 30.2 Å². The normalized spacial score (nSPS) is 15.4. The predicted molar refractivity (Wildman–Crippen MR) is 124 cm³/mol. The molecule has 1 fully saturated rings. The molecule has 1 aliphatic heterocycles. The van der Waals surface area contributed by atoms with Crippen molar-refractivity contribution in [3.05, 3.63) is 41.2 Å². The molecule has 1 aliphatic rings. The van der Waals surface area contributed by atoms with Gasteiger partial charge in [0.05, 0.1) is 30.2 Å². The van der Waals surface area contributed by atoms with Crippen molar-refractivity contribution in [1.82, 2.24) is 18.7 Å². The van der Waals surface area contributed by atoms with Gasteiger partial charge in [-0.15, -0.1) is 0 Å². The van der Waals surface area contributed by atoms with Crippen LogP contribution in [0.5, 0.6) is 5.75 Å². The van der Waals surface area contributed by atoms with Gasteiger partial charge in [-0.1, -0.05) is 18.5 Å². The van der Waals surface area contributed by atoms with Crippen molar-refractivity contribution >= 4 is 33.2 Å². The highest BCUT2D eigenvalue weighted by molar-refractivity contribution is 7.89. The second kappa shape index (κ2) is 9.22. The smallest absolute Gasteiger partial charge is 0.236 e. The Labute approximate surface area is 192 Å². The molecular weight excluding hydrogens is 454 g/mol. The summed E-state index contributed by atoms with van der Waals surface area (Å²) in [5, 5.41) is 10.2. The standard InChI is InChI=1S/C21H26ClN5O4S/c1-3-10-32(29,30)27-8-6-25(7-9-27)20-4-5-26-13-18(23-21(26)24-20)16-12-17(22)19(31-2)11-15(16)14-28/h4-5,11-13,28H,3,6-10,14H2,1-2H3. The number of halogens is 1. The molecule has 9 nitrogen and oxygen atoms in total. The van der Waals surface area contributed by atoms with Crippen molar-refractivity contribution in [1.29, 1.82) is 0 Å². The van der Waals surface area contributed by atoms with Crippen LogP contribution in [0.1, 0.15) is 18.9 Å². The lowest BCUT2D eigenvalue weighted by atomic mass is 10.1. The maximum absolute atomic E-state index is 12.3. The molecule has 0 unspecified atom stereocenters. The summed E-state index contributed by atoms with van der Waals surface area (Å²) in [4.78, 5) is 11.4. The summed E-state index contributed by atoms with van der Waals surface area (Å²) >= 11 is 6.29. The van der Waals surface area contributed by atoms with Crippen molar-refractivity contribution in [2.24, 2.45) is 0 Å². The highest BCUT2D eigenvalue weighted by Gasteiger charge is 2.27. The molecule has 32 heavy (non-hydrogen) atoms. The minimum Gasteiger partial charge on any atom is -0.495 e. The van der Waals surface area contributed by atoms with Gasteiger partial charge in [-0.2, -0.15) is 9.29 Å². The summed E-state index contributed by atoms with van der Waals surface area (Å²) in [5.74, 6) is 1.93. The summed E-state index contributed by atoms with van der Waals surface area (Å²) in [7, 11) is -1.66. The fourth-order valence-electron chi connectivity index (χ4n) is 3.87. The molecule has 1 N–H and O–H groups in total. The average Bonchev–Trinajstić information content (AvgIpc) is 3.22. The lowest BCUT2D eigenvalue weighted by Crippen LogP contribution is -2.49. The number of hydrogen-bond acceptors (Lipinski definition) is 7. The van der Waals surface area contributed by atoms with Gasteiger partial charge < -0.3 is 14.7 Å². The van der Waals surface area contributed by atoms with E-state index in [4.69, 9.17) is 16.3 Å². The first-order valence-corrected chi connectivity index (χ1v) is 12.4. The van der Waals surface area contributed by atoms with E-state index >= 15 is 0 Å². The molecule has 1 aromatic carbocycles. The number of hydrogen-bond donors (Lipinski definition) is 1. The van der Waals surface area contributed by atoms with Crippen LogP contribution < -0.4 is 9.64 Å². The van der Waals surface area contributed by atoms with Crippen LogP contribution in [0.15, 0.2) is 30.6 Å². The highest BCUT2D eigenvalue weighted by atomic mass is 35.5. The van der Waals surface area contributed by atoms with Crippen molar-refractivity contribution in [2.75, 3.05) is 43.9 Å². The SMILES string of the molecule is CCCS(=O)(=O)N1CCN(c2ccn3cc(-c4cc(Cl)c(OC)cc4CO)nc3n2)CC1. The number of piperazine rings is 1. The van der Waals surface area contributed by atoms with Crippen LogP contribution in [0.3, 0.4) is 0 Å². The Balaban J connectivity index is 1.58. The fourth-order valence-corrected chi connectivity index (χ4v) is 5.61. The molecular formula is C21H26ClN5O4S. The van der Waals surface area contributed by atoms with E-state index in [1.807, 2.05) is 25.4 Å². The molecule has 3 heterocycles. The number of aliphatic hydroxyl groups is 1. The topological polar surface area (TPSA) is 100 Å². The molecule has 0 radical (unpaired) electrons. The lowest BCUT2D eigenvalue weighted by molar-refractivity contribution is 0.281. The first kappa shape index (κ1) is 22.8. The average molecular weight is 480 g/mol. The maximum Gasteiger partial charge on any atom is 0.236 e. The quantitative estimate of drug-likeness (QED) is 0.555. The molecule has 0 saturated carbocycles. The van der Waals surface area contributed by atoms with E-state index in [0.29, 0.717) is 66.0 Å². The van der Waals surface area contributed by atoms with E-state index in [1.165, 1.54) is 7.11 Å². The van der Waals surface area contributed by atoms with E-state index in [9.17, 15) is 13.5 Å². The Kier molecular flexibility index (Phi) is 6.57. The number of aromatic nitrogens is 3. The third-order valence-corrected chi connectivity index (χ3v) is 7.93. The van der Waals surface area contributed by atoms with Gasteiger partial charge in [0.2, 0.25) is 15.8 Å².